The van der Waals surface area contributed by atoms with Crippen LogP contribution in [0, 0.1) is 21.7 Å². The number of non-ortho nitro benzene ring substituents is 1. The predicted octanol–water partition coefficient (Wildman–Crippen LogP) is 3.81. The highest BCUT2D eigenvalue weighted by molar-refractivity contribution is 5.89. The van der Waals surface area contributed by atoms with Gasteiger partial charge in [-0.05, 0) is 19.1 Å². The number of nitrogens with zero attached hydrogens (tertiary/aromatic N) is 3. The Bertz CT molecular complexity index is 1040. The number of hydrogen-bond acceptors (Lipinski definition) is 6. The Morgan fingerprint density at radius 1 is 1.25 bits per heavy atom. The fourth-order valence-electron chi connectivity index (χ4n) is 2.29. The highest BCUT2D eigenvalue weighted by Crippen LogP contribution is 2.23. The summed E-state index contributed by atoms with van der Waals surface area (Å²) in [6, 6.07) is 6.89. The number of benzene rings is 2. The van der Waals surface area contributed by atoms with Crippen LogP contribution in [0.25, 0.3) is 11.4 Å². The number of anilines is 1. The lowest BCUT2D eigenvalue weighted by molar-refractivity contribution is -0.384. The minimum atomic E-state index is -0.923. The van der Waals surface area contributed by atoms with Gasteiger partial charge < -0.3 is 15.2 Å². The van der Waals surface area contributed by atoms with Crippen LogP contribution in [0.15, 0.2) is 47.0 Å². The first-order valence-corrected chi connectivity index (χ1v) is 7.94. The van der Waals surface area contributed by atoms with E-state index in [1.54, 1.807) is 13.0 Å². The van der Waals surface area contributed by atoms with Gasteiger partial charge in [0.2, 0.25) is 11.7 Å². The van der Waals surface area contributed by atoms with Crippen molar-refractivity contribution in [3.63, 3.8) is 0 Å². The van der Waals surface area contributed by atoms with Crippen molar-refractivity contribution in [1.29, 1.82) is 0 Å². The summed E-state index contributed by atoms with van der Waals surface area (Å²) in [5.41, 5.74) is 0.0406. The number of carbonyl (C=O) groups is 1. The van der Waals surface area contributed by atoms with Gasteiger partial charge in [0.25, 0.3) is 5.69 Å². The highest BCUT2D eigenvalue weighted by atomic mass is 19.1. The third kappa shape index (κ3) is 4.26. The first-order chi connectivity index (χ1) is 13.3. The lowest BCUT2D eigenvalue weighted by Crippen LogP contribution is -2.31. The number of halogens is 2. The maximum absolute atomic E-state index is 13.6. The van der Waals surface area contributed by atoms with Gasteiger partial charge in [-0.2, -0.15) is 4.98 Å². The molecule has 0 saturated carbocycles. The zero-order chi connectivity index (χ0) is 20.3. The van der Waals surface area contributed by atoms with Crippen LogP contribution >= 0.6 is 0 Å². The molecule has 0 aliphatic heterocycles. The number of nitro benzene ring substituents is 1. The summed E-state index contributed by atoms with van der Waals surface area (Å²) in [7, 11) is 0. The molecule has 0 spiro atoms. The van der Waals surface area contributed by atoms with Gasteiger partial charge in [-0.3, -0.25) is 10.1 Å². The Morgan fingerprint density at radius 3 is 2.75 bits per heavy atom. The molecule has 0 fully saturated rings. The Kier molecular flexibility index (Phi) is 5.25. The third-order valence-electron chi connectivity index (χ3n) is 3.65. The molecule has 28 heavy (non-hydrogen) atoms. The van der Waals surface area contributed by atoms with Crippen LogP contribution in [0.2, 0.25) is 0 Å². The van der Waals surface area contributed by atoms with Crippen LogP contribution in [0.5, 0.6) is 0 Å². The van der Waals surface area contributed by atoms with E-state index < -0.39 is 28.6 Å². The van der Waals surface area contributed by atoms with Gasteiger partial charge in [-0.15, -0.1) is 0 Å². The Morgan fingerprint density at radius 2 is 2.04 bits per heavy atom. The molecule has 11 heteroatoms. The Balaban J connectivity index is 1.68. The number of nitro groups is 1. The molecule has 1 unspecified atom stereocenters. The largest absolute Gasteiger partial charge is 0.337 e. The summed E-state index contributed by atoms with van der Waals surface area (Å²) in [5, 5.41) is 19.3. The predicted molar refractivity (Wildman–Crippen MR) is 93.3 cm³/mol. The number of nitrogens with one attached hydrogen (secondary N) is 2. The zero-order valence-electron chi connectivity index (χ0n) is 14.3. The van der Waals surface area contributed by atoms with Gasteiger partial charge in [0.15, 0.2) is 0 Å². The first-order valence-electron chi connectivity index (χ1n) is 7.94. The fraction of sp³-hybridized carbons (Fsp3) is 0.118. The zero-order valence-corrected chi connectivity index (χ0v) is 14.3. The molecule has 0 bridgehead atoms. The van der Waals surface area contributed by atoms with Crippen LogP contribution in [0.3, 0.4) is 0 Å². The molecule has 0 saturated heterocycles. The lowest BCUT2D eigenvalue weighted by Gasteiger charge is -2.11. The maximum atomic E-state index is 13.6. The molecule has 1 heterocycles. The van der Waals surface area contributed by atoms with Crippen molar-refractivity contribution in [2.75, 3.05) is 5.32 Å². The van der Waals surface area contributed by atoms with E-state index in [1.165, 1.54) is 18.2 Å². The molecule has 0 aliphatic carbocycles. The molecule has 1 atom stereocenters. The van der Waals surface area contributed by atoms with E-state index in [1.807, 2.05) is 0 Å². The summed E-state index contributed by atoms with van der Waals surface area (Å²) in [6.45, 7) is 1.55. The number of carbonyl (C=O) groups excluding carboxylic acids is 1. The van der Waals surface area contributed by atoms with E-state index >= 15 is 0 Å². The van der Waals surface area contributed by atoms with Crippen molar-refractivity contribution in [3.05, 3.63) is 70.1 Å². The smallest absolute Gasteiger partial charge is 0.319 e. The van der Waals surface area contributed by atoms with Crippen molar-refractivity contribution < 1.29 is 23.0 Å². The molecule has 1 aromatic heterocycles. The molecule has 3 aromatic rings. The SMILES string of the molecule is CC(NC(=O)Nc1ccc(F)cc1F)c1nc(-c2cccc([N+](=O)[O-])c2)no1. The molecular formula is C17H13F2N5O4. The van der Waals surface area contributed by atoms with E-state index in [0.717, 1.165) is 12.1 Å². The molecule has 0 aliphatic rings. The summed E-state index contributed by atoms with van der Waals surface area (Å²) in [5.74, 6) is -1.54. The minimum absolute atomic E-state index is 0.0382. The monoisotopic (exact) mass is 389 g/mol. The van der Waals surface area contributed by atoms with E-state index in [-0.39, 0.29) is 23.1 Å². The second kappa shape index (κ2) is 7.78. The normalized spacial score (nSPS) is 11.7. The van der Waals surface area contributed by atoms with Gasteiger partial charge >= 0.3 is 6.03 Å². The number of urea groups is 1. The number of rotatable bonds is 5. The van der Waals surface area contributed by atoms with Crippen LogP contribution < -0.4 is 10.6 Å². The van der Waals surface area contributed by atoms with Gasteiger partial charge in [-0.25, -0.2) is 13.6 Å². The average Bonchev–Trinajstić information content (AvgIpc) is 3.14. The molecule has 2 aromatic carbocycles. The number of amides is 2. The van der Waals surface area contributed by atoms with Crippen LogP contribution in [-0.4, -0.2) is 21.1 Å². The summed E-state index contributed by atoms with van der Waals surface area (Å²) in [6.07, 6.45) is 0. The van der Waals surface area contributed by atoms with Crippen LogP contribution in [0.1, 0.15) is 18.9 Å². The van der Waals surface area contributed by atoms with Crippen molar-refractivity contribution in [3.8, 4) is 11.4 Å². The van der Waals surface area contributed by atoms with E-state index in [2.05, 4.69) is 20.8 Å². The van der Waals surface area contributed by atoms with Crippen molar-refractivity contribution in [2.45, 2.75) is 13.0 Å². The van der Waals surface area contributed by atoms with Gasteiger partial charge in [-0.1, -0.05) is 17.3 Å². The fourth-order valence-corrected chi connectivity index (χ4v) is 2.29. The molecule has 0 radical (unpaired) electrons. The first kappa shape index (κ1) is 18.9. The molecular weight excluding hydrogens is 376 g/mol. The van der Waals surface area contributed by atoms with Crippen molar-refractivity contribution in [1.82, 2.24) is 15.5 Å². The lowest BCUT2D eigenvalue weighted by atomic mass is 10.2. The summed E-state index contributed by atoms with van der Waals surface area (Å²) < 4.78 is 31.5. The van der Waals surface area contributed by atoms with E-state index in [0.29, 0.717) is 11.6 Å². The Labute approximate surface area is 156 Å². The van der Waals surface area contributed by atoms with Crippen LogP contribution in [-0.2, 0) is 0 Å². The van der Waals surface area contributed by atoms with Gasteiger partial charge in [0.1, 0.15) is 17.7 Å². The standard InChI is InChI=1S/C17H13F2N5O4/c1-9(20-17(25)21-14-6-5-11(18)8-13(14)19)16-22-15(23-28-16)10-3-2-4-12(7-10)24(26)27/h2-9H,1H3,(H2,20,21,25). The number of aromatic nitrogens is 2. The quantitative estimate of drug-likeness (QED) is 0.505. The molecule has 2 N–H and O–H groups in total. The van der Waals surface area contributed by atoms with Gasteiger partial charge in [0.05, 0.1) is 10.6 Å². The van der Waals surface area contributed by atoms with Crippen molar-refractivity contribution in [2.24, 2.45) is 0 Å². The average molecular weight is 389 g/mol. The molecule has 9 nitrogen and oxygen atoms in total. The molecule has 3 rings (SSSR count). The summed E-state index contributed by atoms with van der Waals surface area (Å²) >= 11 is 0. The minimum Gasteiger partial charge on any atom is -0.337 e. The molecule has 2 amide bonds. The van der Waals surface area contributed by atoms with Gasteiger partial charge in [0, 0.05) is 23.8 Å². The third-order valence-corrected chi connectivity index (χ3v) is 3.65. The second-order valence-corrected chi connectivity index (χ2v) is 5.71. The Hall–Kier alpha value is -3.89. The van der Waals surface area contributed by atoms with Crippen LogP contribution in [0.4, 0.5) is 25.0 Å². The topological polar surface area (TPSA) is 123 Å². The van der Waals surface area contributed by atoms with E-state index in [4.69, 9.17) is 4.52 Å². The maximum Gasteiger partial charge on any atom is 0.319 e. The molecule has 144 valence electrons. The second-order valence-electron chi connectivity index (χ2n) is 5.71. The highest BCUT2D eigenvalue weighted by Gasteiger charge is 2.19. The summed E-state index contributed by atoms with van der Waals surface area (Å²) in [4.78, 5) is 26.4. The van der Waals surface area contributed by atoms with E-state index in [9.17, 15) is 23.7 Å². The van der Waals surface area contributed by atoms with Crippen molar-refractivity contribution >= 4 is 17.4 Å². The number of hydrogen-bond donors (Lipinski definition) is 2.